The van der Waals surface area contributed by atoms with Gasteiger partial charge in [-0.3, -0.25) is 0 Å². The van der Waals surface area contributed by atoms with Crippen molar-refractivity contribution in [3.8, 4) is 11.5 Å². The summed E-state index contributed by atoms with van der Waals surface area (Å²) in [5, 5.41) is 11.9. The average Bonchev–Trinajstić information content (AvgIpc) is 2.77. The quantitative estimate of drug-likeness (QED) is 0.303. The third kappa shape index (κ3) is 6.78. The Morgan fingerprint density at radius 2 is 1.60 bits per heavy atom. The van der Waals surface area contributed by atoms with Gasteiger partial charge in [-0.15, -0.1) is 0 Å². The fourth-order valence-corrected chi connectivity index (χ4v) is 3.47. The Kier molecular flexibility index (Phi) is 8.21. The van der Waals surface area contributed by atoms with Crippen LogP contribution < -0.4 is 10.1 Å². The van der Waals surface area contributed by atoms with Crippen molar-refractivity contribution >= 4 is 23.2 Å². The minimum Gasteiger partial charge on any atom is -0.456 e. The first-order valence-corrected chi connectivity index (χ1v) is 10.6. The van der Waals surface area contributed by atoms with Gasteiger partial charge in [-0.2, -0.15) is 26.3 Å². The van der Waals surface area contributed by atoms with Crippen LogP contribution in [0.5, 0.6) is 11.5 Å². The summed E-state index contributed by atoms with van der Waals surface area (Å²) < 4.78 is 98.5. The van der Waals surface area contributed by atoms with E-state index in [4.69, 9.17) is 27.9 Å². The molecule has 188 valence electrons. The molecule has 0 amide bonds. The Bertz CT molecular complexity index is 1190. The number of ether oxygens (including phenoxy) is 1. The molecule has 0 aliphatic carbocycles. The smallest absolute Gasteiger partial charge is 0.416 e. The van der Waals surface area contributed by atoms with E-state index in [2.05, 4.69) is 5.32 Å². The summed E-state index contributed by atoms with van der Waals surface area (Å²) in [7, 11) is 0. The largest absolute Gasteiger partial charge is 0.456 e. The summed E-state index contributed by atoms with van der Waals surface area (Å²) >= 11 is 12.0. The second kappa shape index (κ2) is 10.6. The number of hydrogen-bond acceptors (Lipinski definition) is 3. The maximum Gasteiger partial charge on any atom is 0.416 e. The van der Waals surface area contributed by atoms with Crippen molar-refractivity contribution in [2.45, 2.75) is 24.5 Å². The van der Waals surface area contributed by atoms with E-state index in [1.807, 2.05) is 0 Å². The van der Waals surface area contributed by atoms with Gasteiger partial charge in [0.1, 0.15) is 22.3 Å². The normalized spacial score (nSPS) is 14.0. The van der Waals surface area contributed by atoms with Crippen molar-refractivity contribution in [3.05, 3.63) is 93.2 Å². The molecule has 35 heavy (non-hydrogen) atoms. The molecular weight excluding hydrogens is 526 g/mol. The Morgan fingerprint density at radius 3 is 2.26 bits per heavy atom. The number of aliphatic hydroxyl groups excluding tert-OH is 1. The molecule has 0 spiro atoms. The summed E-state index contributed by atoms with van der Waals surface area (Å²) in [4.78, 5) is 0. The number of nitrogens with one attached hydrogen (secondary N) is 1. The zero-order chi connectivity index (χ0) is 26.0. The molecule has 3 rings (SSSR count). The lowest BCUT2D eigenvalue weighted by atomic mass is 9.95. The number of aliphatic hydroxyl groups is 1. The van der Waals surface area contributed by atoms with Crippen LogP contribution >= 0.6 is 23.2 Å². The van der Waals surface area contributed by atoms with Gasteiger partial charge in [0, 0.05) is 12.1 Å². The number of halogens is 9. The zero-order valence-electron chi connectivity index (χ0n) is 17.4. The summed E-state index contributed by atoms with van der Waals surface area (Å²) in [5.41, 5.74) is -1.71. The molecular formula is C23H16Cl2F7NO2. The number of hydrogen-bond donors (Lipinski definition) is 2. The molecule has 0 radical (unpaired) electrons. The molecule has 0 aliphatic rings. The predicted octanol–water partition coefficient (Wildman–Crippen LogP) is 7.55. The van der Waals surface area contributed by atoms with Crippen molar-refractivity contribution in [2.75, 3.05) is 6.54 Å². The molecule has 2 N–H and O–H groups in total. The maximum atomic E-state index is 14.6. The monoisotopic (exact) mass is 541 g/mol. The van der Waals surface area contributed by atoms with E-state index in [0.29, 0.717) is 18.2 Å². The van der Waals surface area contributed by atoms with E-state index in [1.54, 1.807) is 6.07 Å². The first-order chi connectivity index (χ1) is 16.3. The highest BCUT2D eigenvalue weighted by molar-refractivity contribution is 6.42. The molecule has 2 atom stereocenters. The number of alkyl halides is 6. The van der Waals surface area contributed by atoms with Gasteiger partial charge in [-0.25, -0.2) is 4.39 Å². The van der Waals surface area contributed by atoms with Crippen LogP contribution in [0, 0.1) is 5.82 Å². The van der Waals surface area contributed by atoms with Crippen molar-refractivity contribution in [2.24, 2.45) is 0 Å². The highest BCUT2D eigenvalue weighted by Gasteiger charge is 2.39. The summed E-state index contributed by atoms with van der Waals surface area (Å²) in [6.07, 6.45) is -12.7. The van der Waals surface area contributed by atoms with Crippen LogP contribution in [0.2, 0.25) is 10.0 Å². The summed E-state index contributed by atoms with van der Waals surface area (Å²) in [6.45, 7) is -1.12. The second-order valence-electron chi connectivity index (χ2n) is 7.36. The van der Waals surface area contributed by atoms with Crippen LogP contribution in [0.3, 0.4) is 0 Å². The molecule has 0 aromatic heterocycles. The van der Waals surface area contributed by atoms with Crippen LogP contribution in [-0.2, 0) is 6.18 Å². The van der Waals surface area contributed by atoms with Gasteiger partial charge in [0.15, 0.2) is 6.10 Å². The topological polar surface area (TPSA) is 41.5 Å². The standard InChI is InChI=1S/C23H16Cl2F7NO2/c24-16-5-2-6-18(20(16)25)35-14-4-1-3-12(9-14)21(33-11-19(34)23(30,31)32)15-10-13(22(27,28)29)7-8-17(15)26/h1-10,19,21,33-34H,11H2. The Labute approximate surface area is 205 Å². The minimum absolute atomic E-state index is 0.0632. The molecule has 0 fully saturated rings. The molecule has 12 heteroatoms. The SMILES string of the molecule is OC(CNC(c1cccc(Oc2cccc(Cl)c2Cl)c1)c1cc(C(F)(F)F)ccc1F)C(F)(F)F. The second-order valence-corrected chi connectivity index (χ2v) is 8.14. The summed E-state index contributed by atoms with van der Waals surface area (Å²) in [6, 6.07) is 10.1. The Balaban J connectivity index is 2.03. The first kappa shape index (κ1) is 27.1. The van der Waals surface area contributed by atoms with E-state index < -0.39 is 48.0 Å². The first-order valence-electron chi connectivity index (χ1n) is 9.84. The van der Waals surface area contributed by atoms with Crippen molar-refractivity contribution in [3.63, 3.8) is 0 Å². The van der Waals surface area contributed by atoms with Gasteiger partial charge in [0.05, 0.1) is 16.6 Å². The third-order valence-corrected chi connectivity index (χ3v) is 5.66. The highest BCUT2D eigenvalue weighted by Crippen LogP contribution is 2.37. The summed E-state index contributed by atoms with van der Waals surface area (Å²) in [5.74, 6) is -0.859. The lowest BCUT2D eigenvalue weighted by Gasteiger charge is -2.24. The van der Waals surface area contributed by atoms with Crippen LogP contribution in [0.25, 0.3) is 0 Å². The molecule has 3 nitrogen and oxygen atoms in total. The van der Waals surface area contributed by atoms with Gasteiger partial charge in [-0.1, -0.05) is 41.4 Å². The number of rotatable bonds is 7. The zero-order valence-corrected chi connectivity index (χ0v) is 18.9. The van der Waals surface area contributed by atoms with Crippen LogP contribution in [-0.4, -0.2) is 23.9 Å². The van der Waals surface area contributed by atoms with Gasteiger partial charge in [0.2, 0.25) is 0 Å². The maximum absolute atomic E-state index is 14.6. The van der Waals surface area contributed by atoms with Crippen molar-refractivity contribution in [1.82, 2.24) is 5.32 Å². The Hall–Kier alpha value is -2.53. The van der Waals surface area contributed by atoms with E-state index in [1.165, 1.54) is 36.4 Å². The average molecular weight is 542 g/mol. The van der Waals surface area contributed by atoms with Crippen molar-refractivity contribution in [1.29, 1.82) is 0 Å². The third-order valence-electron chi connectivity index (χ3n) is 4.86. The molecule has 0 saturated heterocycles. The van der Waals surface area contributed by atoms with Gasteiger partial charge in [-0.05, 0) is 48.0 Å². The minimum atomic E-state index is -5.00. The van der Waals surface area contributed by atoms with Crippen molar-refractivity contribution < 1.29 is 40.6 Å². The van der Waals surface area contributed by atoms with Gasteiger partial charge < -0.3 is 15.2 Å². The molecule has 0 saturated carbocycles. The lowest BCUT2D eigenvalue weighted by molar-refractivity contribution is -0.202. The van der Waals surface area contributed by atoms with E-state index in [0.717, 1.165) is 0 Å². The molecule has 3 aromatic carbocycles. The number of benzene rings is 3. The lowest BCUT2D eigenvalue weighted by Crippen LogP contribution is -2.40. The van der Waals surface area contributed by atoms with E-state index in [9.17, 15) is 35.8 Å². The fourth-order valence-electron chi connectivity index (χ4n) is 3.14. The Morgan fingerprint density at radius 1 is 0.914 bits per heavy atom. The highest BCUT2D eigenvalue weighted by atomic mass is 35.5. The predicted molar refractivity (Wildman–Crippen MR) is 116 cm³/mol. The molecule has 0 aliphatic heterocycles. The van der Waals surface area contributed by atoms with Gasteiger partial charge in [0.25, 0.3) is 0 Å². The molecule has 0 bridgehead atoms. The molecule has 2 unspecified atom stereocenters. The molecule has 3 aromatic rings. The van der Waals surface area contributed by atoms with E-state index >= 15 is 0 Å². The van der Waals surface area contributed by atoms with Gasteiger partial charge >= 0.3 is 12.4 Å². The van der Waals surface area contributed by atoms with Crippen LogP contribution in [0.1, 0.15) is 22.7 Å². The van der Waals surface area contributed by atoms with Crippen LogP contribution in [0.4, 0.5) is 30.7 Å². The molecule has 0 heterocycles. The van der Waals surface area contributed by atoms with E-state index in [-0.39, 0.29) is 27.1 Å². The fraction of sp³-hybridized carbons (Fsp3) is 0.217. The van der Waals surface area contributed by atoms with Crippen LogP contribution in [0.15, 0.2) is 60.7 Å².